The van der Waals surface area contributed by atoms with Gasteiger partial charge >= 0.3 is 6.18 Å². The monoisotopic (exact) mass is 503 g/mol. The normalized spacial score (nSPS) is 12.0. The highest BCUT2D eigenvalue weighted by Gasteiger charge is 2.32. The van der Waals surface area contributed by atoms with Crippen molar-refractivity contribution in [2.75, 3.05) is 32.0 Å². The molecule has 1 heterocycles. The quantitative estimate of drug-likeness (QED) is 0.204. The third-order valence-corrected chi connectivity index (χ3v) is 2.80. The smallest absolute Gasteiger partial charge is 0.355 e. The Kier molecular flexibility index (Phi) is 10.3. The Bertz CT molecular complexity index is 633. The van der Waals surface area contributed by atoms with E-state index in [-0.39, 0.29) is 54.5 Å². The van der Waals surface area contributed by atoms with E-state index in [1.54, 1.807) is 7.05 Å². The second-order valence-corrected chi connectivity index (χ2v) is 6.34. The SMILES string of the molecule is CN=C(NCCNc1nccc(C(F)(F)F)n1)NCC(=O)NC(C)(C)C.I. The number of carbonyl (C=O) groups is 1. The van der Waals surface area contributed by atoms with Gasteiger partial charge in [0.1, 0.15) is 5.69 Å². The lowest BCUT2D eigenvalue weighted by Crippen LogP contribution is -2.48. The summed E-state index contributed by atoms with van der Waals surface area (Å²) in [6.45, 7) is 6.26. The highest BCUT2D eigenvalue weighted by molar-refractivity contribution is 14.0. The van der Waals surface area contributed by atoms with E-state index < -0.39 is 11.9 Å². The molecular formula is C15H25F3IN7O. The van der Waals surface area contributed by atoms with Crippen LogP contribution in [0.15, 0.2) is 17.3 Å². The Morgan fingerprint density at radius 1 is 1.19 bits per heavy atom. The van der Waals surface area contributed by atoms with Gasteiger partial charge in [-0.2, -0.15) is 13.2 Å². The number of nitrogens with zero attached hydrogens (tertiary/aromatic N) is 3. The molecule has 0 aromatic carbocycles. The van der Waals surface area contributed by atoms with Gasteiger partial charge in [-0.25, -0.2) is 9.97 Å². The van der Waals surface area contributed by atoms with Gasteiger partial charge in [-0.1, -0.05) is 0 Å². The third-order valence-electron chi connectivity index (χ3n) is 2.80. The highest BCUT2D eigenvalue weighted by atomic mass is 127. The minimum Gasteiger partial charge on any atom is -0.355 e. The van der Waals surface area contributed by atoms with Gasteiger partial charge in [0, 0.05) is 31.9 Å². The molecule has 1 aromatic heterocycles. The van der Waals surface area contributed by atoms with Crippen LogP contribution in [0.25, 0.3) is 0 Å². The number of alkyl halides is 3. The van der Waals surface area contributed by atoms with Gasteiger partial charge in [-0.05, 0) is 26.8 Å². The Hall–Kier alpha value is -1.86. The number of aromatic nitrogens is 2. The zero-order valence-electron chi connectivity index (χ0n) is 15.6. The topological polar surface area (TPSA) is 103 Å². The molecule has 1 aromatic rings. The molecule has 0 aliphatic carbocycles. The van der Waals surface area contributed by atoms with Crippen molar-refractivity contribution in [2.45, 2.75) is 32.5 Å². The van der Waals surface area contributed by atoms with E-state index in [0.29, 0.717) is 12.5 Å². The van der Waals surface area contributed by atoms with E-state index in [0.717, 1.165) is 12.3 Å². The summed E-state index contributed by atoms with van der Waals surface area (Å²) in [7, 11) is 1.54. The molecule has 0 bridgehead atoms. The molecule has 8 nitrogen and oxygen atoms in total. The molecule has 0 saturated carbocycles. The molecule has 12 heteroatoms. The largest absolute Gasteiger partial charge is 0.433 e. The standard InChI is InChI=1S/C15H24F3N7O.HI/c1-14(2,3)25-11(26)9-23-12(19-4)21-7-8-22-13-20-6-5-10(24-13)15(16,17)18;/h5-6H,7-9H2,1-4H3,(H,25,26)(H2,19,21,23)(H,20,22,24);1H. The molecule has 0 aliphatic rings. The lowest BCUT2D eigenvalue weighted by atomic mass is 10.1. The first kappa shape index (κ1) is 25.1. The number of anilines is 1. The lowest BCUT2D eigenvalue weighted by molar-refractivity contribution is -0.141. The summed E-state index contributed by atoms with van der Waals surface area (Å²) in [4.78, 5) is 22.8. The van der Waals surface area contributed by atoms with Crippen LogP contribution in [0.3, 0.4) is 0 Å². The van der Waals surface area contributed by atoms with E-state index in [9.17, 15) is 18.0 Å². The predicted molar refractivity (Wildman–Crippen MR) is 108 cm³/mol. The summed E-state index contributed by atoms with van der Waals surface area (Å²) in [5.41, 5.74) is -1.34. The number of hydrogen-bond acceptors (Lipinski definition) is 5. The van der Waals surface area contributed by atoms with Crippen molar-refractivity contribution < 1.29 is 18.0 Å². The van der Waals surface area contributed by atoms with Gasteiger partial charge in [-0.3, -0.25) is 9.79 Å². The summed E-state index contributed by atoms with van der Waals surface area (Å²) in [5, 5.41) is 11.2. The number of nitrogens with one attached hydrogen (secondary N) is 4. The molecule has 27 heavy (non-hydrogen) atoms. The average Bonchev–Trinajstić information content (AvgIpc) is 2.52. The van der Waals surface area contributed by atoms with Crippen molar-refractivity contribution in [1.82, 2.24) is 25.9 Å². The molecule has 0 radical (unpaired) electrons. The summed E-state index contributed by atoms with van der Waals surface area (Å²) >= 11 is 0. The van der Waals surface area contributed by atoms with E-state index in [1.807, 2.05) is 20.8 Å². The maximum atomic E-state index is 12.6. The van der Waals surface area contributed by atoms with E-state index in [1.165, 1.54) is 0 Å². The van der Waals surface area contributed by atoms with Gasteiger partial charge in [-0.15, -0.1) is 24.0 Å². The van der Waals surface area contributed by atoms with Gasteiger partial charge in [0.2, 0.25) is 11.9 Å². The molecule has 1 rings (SSSR count). The minimum absolute atomic E-state index is 0. The zero-order chi connectivity index (χ0) is 19.8. The van der Waals surface area contributed by atoms with E-state index in [4.69, 9.17) is 0 Å². The predicted octanol–water partition coefficient (Wildman–Crippen LogP) is 1.60. The van der Waals surface area contributed by atoms with Crippen LogP contribution in [0.1, 0.15) is 26.5 Å². The number of guanidine groups is 1. The number of rotatable bonds is 6. The number of aliphatic imine (C=N–C) groups is 1. The summed E-state index contributed by atoms with van der Waals surface area (Å²) in [5.74, 6) is 0.0888. The van der Waals surface area contributed by atoms with Crippen molar-refractivity contribution in [1.29, 1.82) is 0 Å². The molecule has 0 spiro atoms. The minimum atomic E-state index is -4.52. The molecule has 0 atom stereocenters. The molecule has 1 amide bonds. The van der Waals surface area contributed by atoms with E-state index >= 15 is 0 Å². The second-order valence-electron chi connectivity index (χ2n) is 6.34. The third kappa shape index (κ3) is 10.8. The highest BCUT2D eigenvalue weighted by Crippen LogP contribution is 2.27. The number of hydrogen-bond donors (Lipinski definition) is 4. The maximum Gasteiger partial charge on any atom is 0.433 e. The van der Waals surface area contributed by atoms with Crippen LogP contribution < -0.4 is 21.3 Å². The average molecular weight is 503 g/mol. The molecular weight excluding hydrogens is 478 g/mol. The van der Waals surface area contributed by atoms with Gasteiger partial charge < -0.3 is 21.3 Å². The first-order valence-electron chi connectivity index (χ1n) is 7.91. The Morgan fingerprint density at radius 2 is 1.85 bits per heavy atom. The van der Waals surface area contributed by atoms with Crippen LogP contribution >= 0.6 is 24.0 Å². The van der Waals surface area contributed by atoms with Crippen LogP contribution in [0.5, 0.6) is 0 Å². The van der Waals surface area contributed by atoms with Crippen molar-refractivity contribution >= 4 is 41.8 Å². The van der Waals surface area contributed by atoms with Gasteiger partial charge in [0.15, 0.2) is 5.96 Å². The second kappa shape index (κ2) is 11.1. The molecule has 154 valence electrons. The van der Waals surface area contributed by atoms with Crippen LogP contribution in [-0.2, 0) is 11.0 Å². The first-order chi connectivity index (χ1) is 12.0. The van der Waals surface area contributed by atoms with E-state index in [2.05, 4.69) is 36.2 Å². The molecule has 4 N–H and O–H groups in total. The molecule has 0 fully saturated rings. The van der Waals surface area contributed by atoms with Gasteiger partial charge in [0.25, 0.3) is 0 Å². The number of halogens is 4. The zero-order valence-corrected chi connectivity index (χ0v) is 17.9. The van der Waals surface area contributed by atoms with Crippen molar-refractivity contribution in [3.8, 4) is 0 Å². The Labute approximate surface area is 173 Å². The lowest BCUT2D eigenvalue weighted by Gasteiger charge is -2.21. The van der Waals surface area contributed by atoms with Crippen LogP contribution in [0, 0.1) is 0 Å². The molecule has 0 saturated heterocycles. The maximum absolute atomic E-state index is 12.6. The Balaban J connectivity index is 0.00000676. The van der Waals surface area contributed by atoms with Crippen LogP contribution in [0.4, 0.5) is 19.1 Å². The molecule has 0 aliphatic heterocycles. The fourth-order valence-electron chi connectivity index (χ4n) is 1.80. The summed E-state index contributed by atoms with van der Waals surface area (Å²) in [6.07, 6.45) is -3.48. The fourth-order valence-corrected chi connectivity index (χ4v) is 1.80. The van der Waals surface area contributed by atoms with Gasteiger partial charge in [0.05, 0.1) is 6.54 Å². The van der Waals surface area contributed by atoms with Crippen LogP contribution in [-0.4, -0.2) is 54.1 Å². The first-order valence-corrected chi connectivity index (χ1v) is 7.91. The summed E-state index contributed by atoms with van der Waals surface area (Å²) in [6, 6.07) is 0.803. The van der Waals surface area contributed by atoms with Crippen LogP contribution in [0.2, 0.25) is 0 Å². The number of amides is 1. The van der Waals surface area contributed by atoms with Crippen molar-refractivity contribution in [3.63, 3.8) is 0 Å². The molecule has 0 unspecified atom stereocenters. The van der Waals surface area contributed by atoms with Crippen molar-refractivity contribution in [3.05, 3.63) is 18.0 Å². The Morgan fingerprint density at radius 3 is 2.41 bits per heavy atom. The summed E-state index contributed by atoms with van der Waals surface area (Å²) < 4.78 is 37.7. The number of carbonyl (C=O) groups excluding carboxylic acids is 1. The van der Waals surface area contributed by atoms with Crippen molar-refractivity contribution in [2.24, 2.45) is 4.99 Å². The fraction of sp³-hybridized carbons (Fsp3) is 0.600.